The summed E-state index contributed by atoms with van der Waals surface area (Å²) in [6, 6.07) is -0.290. The van der Waals surface area contributed by atoms with Crippen LogP contribution >= 0.6 is 0 Å². The number of rotatable bonds is 4. The molecule has 0 radical (unpaired) electrons. The maximum atomic E-state index is 11.1. The molecule has 0 aromatic carbocycles. The molecule has 1 atom stereocenters. The molecule has 1 unspecified atom stereocenters. The minimum absolute atomic E-state index is 0.0266. The number of hydrogen-bond donors (Lipinski definition) is 4. The SMILES string of the molecule is CCNC(=O)NC(C)(CC)C(=N)N. The van der Waals surface area contributed by atoms with Crippen molar-refractivity contribution in [1.82, 2.24) is 10.6 Å². The Morgan fingerprint density at radius 1 is 1.54 bits per heavy atom. The summed E-state index contributed by atoms with van der Waals surface area (Å²) >= 11 is 0. The summed E-state index contributed by atoms with van der Waals surface area (Å²) in [6.45, 7) is 5.98. The van der Waals surface area contributed by atoms with Gasteiger partial charge < -0.3 is 16.4 Å². The van der Waals surface area contributed by atoms with Gasteiger partial charge in [0.05, 0.1) is 5.54 Å². The van der Waals surface area contributed by atoms with Crippen molar-refractivity contribution >= 4 is 11.9 Å². The standard InChI is InChI=1S/C8H18N4O/c1-4-8(3,6(9)10)12-7(13)11-5-2/h4-5H2,1-3H3,(H3,9,10)(H2,11,12,13). The van der Waals surface area contributed by atoms with E-state index in [4.69, 9.17) is 11.1 Å². The average Bonchev–Trinajstić information content (AvgIpc) is 2.04. The molecule has 5 heteroatoms. The van der Waals surface area contributed by atoms with Crippen LogP contribution in [0.5, 0.6) is 0 Å². The molecule has 0 heterocycles. The molecular weight excluding hydrogens is 168 g/mol. The van der Waals surface area contributed by atoms with E-state index in [1.165, 1.54) is 0 Å². The van der Waals surface area contributed by atoms with Crippen LogP contribution in [0.15, 0.2) is 0 Å². The van der Waals surface area contributed by atoms with Gasteiger partial charge in [0.1, 0.15) is 5.84 Å². The van der Waals surface area contributed by atoms with Crippen LogP contribution in [0, 0.1) is 5.41 Å². The van der Waals surface area contributed by atoms with Crippen LogP contribution in [0.3, 0.4) is 0 Å². The number of nitrogens with one attached hydrogen (secondary N) is 3. The maximum absolute atomic E-state index is 11.1. The first kappa shape index (κ1) is 11.7. The zero-order valence-corrected chi connectivity index (χ0v) is 8.40. The third-order valence-electron chi connectivity index (χ3n) is 2.03. The second-order valence-corrected chi connectivity index (χ2v) is 3.08. The predicted octanol–water partition coefficient (Wildman–Crippen LogP) is 0.410. The minimum Gasteiger partial charge on any atom is -0.386 e. The molecule has 0 aromatic heterocycles. The lowest BCUT2D eigenvalue weighted by Gasteiger charge is -2.27. The van der Waals surface area contributed by atoms with Crippen LogP contribution in [0.25, 0.3) is 0 Å². The molecule has 5 nitrogen and oxygen atoms in total. The molecule has 5 N–H and O–H groups in total. The van der Waals surface area contributed by atoms with E-state index >= 15 is 0 Å². The summed E-state index contributed by atoms with van der Waals surface area (Å²) in [5, 5.41) is 12.5. The van der Waals surface area contributed by atoms with Gasteiger partial charge in [-0.15, -0.1) is 0 Å². The van der Waals surface area contributed by atoms with Crippen molar-refractivity contribution in [3.05, 3.63) is 0 Å². The third kappa shape index (κ3) is 3.31. The number of hydrogen-bond acceptors (Lipinski definition) is 2. The fourth-order valence-electron chi connectivity index (χ4n) is 0.801. The first-order valence-corrected chi connectivity index (χ1v) is 4.36. The van der Waals surface area contributed by atoms with Crippen LogP contribution in [-0.4, -0.2) is 24.0 Å². The summed E-state index contributed by atoms with van der Waals surface area (Å²) in [5.41, 5.74) is 4.63. The van der Waals surface area contributed by atoms with Crippen molar-refractivity contribution < 1.29 is 4.79 Å². The van der Waals surface area contributed by atoms with E-state index in [0.29, 0.717) is 13.0 Å². The maximum Gasteiger partial charge on any atom is 0.315 e. The fraction of sp³-hybridized carbons (Fsp3) is 0.750. The van der Waals surface area contributed by atoms with Crippen LogP contribution in [0.4, 0.5) is 4.79 Å². The van der Waals surface area contributed by atoms with Crippen LogP contribution < -0.4 is 16.4 Å². The molecule has 76 valence electrons. The molecule has 0 saturated carbocycles. The van der Waals surface area contributed by atoms with Gasteiger partial charge in [-0.3, -0.25) is 5.41 Å². The van der Waals surface area contributed by atoms with E-state index in [-0.39, 0.29) is 11.9 Å². The molecule has 0 aliphatic carbocycles. The molecule has 0 rings (SSSR count). The quantitative estimate of drug-likeness (QED) is 0.378. The fourth-order valence-corrected chi connectivity index (χ4v) is 0.801. The molecule has 13 heavy (non-hydrogen) atoms. The molecular formula is C8H18N4O. The molecule has 0 aliphatic rings. The second-order valence-electron chi connectivity index (χ2n) is 3.08. The minimum atomic E-state index is -0.737. The zero-order valence-electron chi connectivity index (χ0n) is 8.40. The van der Waals surface area contributed by atoms with Crippen LogP contribution in [0.1, 0.15) is 27.2 Å². The van der Waals surface area contributed by atoms with Gasteiger partial charge in [0.2, 0.25) is 0 Å². The van der Waals surface area contributed by atoms with E-state index in [1.807, 2.05) is 13.8 Å². The lowest BCUT2D eigenvalue weighted by atomic mass is 9.98. The number of amidine groups is 1. The van der Waals surface area contributed by atoms with E-state index in [1.54, 1.807) is 6.92 Å². The van der Waals surface area contributed by atoms with Crippen molar-refractivity contribution in [2.45, 2.75) is 32.7 Å². The molecule has 0 bridgehead atoms. The predicted molar refractivity (Wildman–Crippen MR) is 52.8 cm³/mol. The van der Waals surface area contributed by atoms with Crippen LogP contribution in [-0.2, 0) is 0 Å². The largest absolute Gasteiger partial charge is 0.386 e. The number of carbonyl (C=O) groups is 1. The first-order chi connectivity index (χ1) is 5.96. The Morgan fingerprint density at radius 3 is 2.38 bits per heavy atom. The normalized spacial score (nSPS) is 14.4. The van der Waals surface area contributed by atoms with E-state index in [9.17, 15) is 4.79 Å². The Balaban J connectivity index is 4.27. The summed E-state index contributed by atoms with van der Waals surface area (Å²) < 4.78 is 0. The topological polar surface area (TPSA) is 91.0 Å². The Kier molecular flexibility index (Phi) is 4.23. The van der Waals surface area contributed by atoms with Crippen molar-refractivity contribution in [2.24, 2.45) is 5.73 Å². The number of carbonyl (C=O) groups excluding carboxylic acids is 1. The number of nitrogens with two attached hydrogens (primary N) is 1. The Labute approximate surface area is 78.6 Å². The van der Waals surface area contributed by atoms with Crippen LogP contribution in [0.2, 0.25) is 0 Å². The molecule has 0 saturated heterocycles. The van der Waals surface area contributed by atoms with Gasteiger partial charge in [0.15, 0.2) is 0 Å². The van der Waals surface area contributed by atoms with Crippen molar-refractivity contribution in [3.8, 4) is 0 Å². The molecule has 0 spiro atoms. The summed E-state index contributed by atoms with van der Waals surface area (Å²) in [6.07, 6.45) is 0.597. The summed E-state index contributed by atoms with van der Waals surface area (Å²) in [4.78, 5) is 11.1. The van der Waals surface area contributed by atoms with Gasteiger partial charge >= 0.3 is 6.03 Å². The van der Waals surface area contributed by atoms with Gasteiger partial charge in [-0.1, -0.05) is 6.92 Å². The summed E-state index contributed by atoms with van der Waals surface area (Å²) in [5.74, 6) is -0.0266. The van der Waals surface area contributed by atoms with Crippen molar-refractivity contribution in [1.29, 1.82) is 5.41 Å². The second kappa shape index (κ2) is 4.69. The van der Waals surface area contributed by atoms with Gasteiger partial charge in [0.25, 0.3) is 0 Å². The van der Waals surface area contributed by atoms with Gasteiger partial charge in [-0.05, 0) is 20.3 Å². The third-order valence-corrected chi connectivity index (χ3v) is 2.03. The van der Waals surface area contributed by atoms with Gasteiger partial charge in [0, 0.05) is 6.54 Å². The van der Waals surface area contributed by atoms with E-state index < -0.39 is 5.54 Å². The van der Waals surface area contributed by atoms with Gasteiger partial charge in [-0.2, -0.15) is 0 Å². The molecule has 0 aliphatic heterocycles. The number of amides is 2. The Morgan fingerprint density at radius 2 is 2.08 bits per heavy atom. The van der Waals surface area contributed by atoms with Crippen molar-refractivity contribution in [2.75, 3.05) is 6.54 Å². The highest BCUT2D eigenvalue weighted by Crippen LogP contribution is 2.07. The molecule has 2 amide bonds. The molecule has 0 fully saturated rings. The first-order valence-electron chi connectivity index (χ1n) is 4.36. The lowest BCUT2D eigenvalue weighted by Crippen LogP contribution is -2.57. The highest BCUT2D eigenvalue weighted by molar-refractivity contribution is 5.91. The molecule has 0 aromatic rings. The van der Waals surface area contributed by atoms with Crippen molar-refractivity contribution in [3.63, 3.8) is 0 Å². The summed E-state index contributed by atoms with van der Waals surface area (Å²) in [7, 11) is 0. The highest BCUT2D eigenvalue weighted by Gasteiger charge is 2.27. The van der Waals surface area contributed by atoms with E-state index in [2.05, 4.69) is 10.6 Å². The van der Waals surface area contributed by atoms with Gasteiger partial charge in [-0.25, -0.2) is 4.79 Å². The lowest BCUT2D eigenvalue weighted by molar-refractivity contribution is 0.234. The smallest absolute Gasteiger partial charge is 0.315 e. The highest BCUT2D eigenvalue weighted by atomic mass is 16.2. The Bertz CT molecular complexity index is 204. The number of urea groups is 1. The van der Waals surface area contributed by atoms with E-state index in [0.717, 1.165) is 0 Å². The zero-order chi connectivity index (χ0) is 10.5. The Hall–Kier alpha value is -1.26. The monoisotopic (exact) mass is 186 g/mol. The average molecular weight is 186 g/mol.